The largest absolute Gasteiger partial charge is 0.345 e. The summed E-state index contributed by atoms with van der Waals surface area (Å²) < 4.78 is 0. The van der Waals surface area contributed by atoms with Crippen LogP contribution in [-0.4, -0.2) is 6.17 Å². The normalized spacial score (nSPS) is 15.8. The zero-order valence-electron chi connectivity index (χ0n) is 19.7. The van der Waals surface area contributed by atoms with Crippen molar-refractivity contribution in [3.8, 4) is 0 Å². The number of hydrogen-bond acceptors (Lipinski definition) is 2. The van der Waals surface area contributed by atoms with Crippen LogP contribution in [0.15, 0.2) is 72.8 Å². The molecule has 1 unspecified atom stereocenters. The first-order valence-corrected chi connectivity index (χ1v) is 11.8. The van der Waals surface area contributed by atoms with Gasteiger partial charge in [0.1, 0.15) is 6.17 Å². The zero-order chi connectivity index (χ0) is 22.0. The highest BCUT2D eigenvalue weighted by Crippen LogP contribution is 2.44. The summed E-state index contributed by atoms with van der Waals surface area (Å²) in [4.78, 5) is 5.27. The second-order valence-electron chi connectivity index (χ2n) is 9.38. The summed E-state index contributed by atoms with van der Waals surface area (Å²) in [5.41, 5.74) is 8.50. The van der Waals surface area contributed by atoms with E-state index >= 15 is 0 Å². The Morgan fingerprint density at radius 1 is 0.645 bits per heavy atom. The highest BCUT2D eigenvalue weighted by atomic mass is 15.4. The van der Waals surface area contributed by atoms with Crippen LogP contribution in [0.3, 0.4) is 0 Å². The number of aryl methyl sites for hydroxylation is 1. The molecule has 0 radical (unpaired) electrons. The molecule has 4 rings (SSSR count). The highest BCUT2D eigenvalue weighted by molar-refractivity contribution is 5.78. The molecule has 2 nitrogen and oxygen atoms in total. The first-order chi connectivity index (χ1) is 15.0. The average Bonchev–Trinajstić information content (AvgIpc) is 3.08. The fourth-order valence-electron chi connectivity index (χ4n) is 5.15. The highest BCUT2D eigenvalue weighted by Gasteiger charge is 2.37. The molecule has 0 spiro atoms. The van der Waals surface area contributed by atoms with Gasteiger partial charge in [0.15, 0.2) is 0 Å². The molecule has 1 heterocycles. The molecule has 0 N–H and O–H groups in total. The van der Waals surface area contributed by atoms with Crippen LogP contribution < -0.4 is 9.80 Å². The topological polar surface area (TPSA) is 6.48 Å². The summed E-state index contributed by atoms with van der Waals surface area (Å²) in [6.07, 6.45) is 1.41. The standard InChI is InChI=1S/C29H36N2/c1-6-23-13-7-8-14-24(23)19-30-27-17-11-12-18-28(27)31(29(30)22(4)5)20-25-15-9-10-16-26(25)21(2)3/h7-18,21-22,29H,6,19-20H2,1-5H3. The van der Waals surface area contributed by atoms with Crippen molar-refractivity contribution in [3.63, 3.8) is 0 Å². The molecular weight excluding hydrogens is 376 g/mol. The van der Waals surface area contributed by atoms with E-state index in [9.17, 15) is 0 Å². The van der Waals surface area contributed by atoms with Crippen molar-refractivity contribution in [2.45, 2.75) is 66.2 Å². The summed E-state index contributed by atoms with van der Waals surface area (Å²) in [5, 5.41) is 0. The summed E-state index contributed by atoms with van der Waals surface area (Å²) in [6, 6.07) is 26.8. The molecule has 0 aliphatic carbocycles. The Morgan fingerprint density at radius 2 is 1.13 bits per heavy atom. The Kier molecular flexibility index (Phi) is 6.36. The molecule has 0 aromatic heterocycles. The number of nitrogens with zero attached hydrogens (tertiary/aromatic N) is 2. The third-order valence-electron chi connectivity index (χ3n) is 6.59. The second kappa shape index (κ2) is 9.18. The van der Waals surface area contributed by atoms with Gasteiger partial charge in [-0.2, -0.15) is 0 Å². The molecule has 0 fully saturated rings. The van der Waals surface area contributed by atoms with Gasteiger partial charge in [-0.1, -0.05) is 95.3 Å². The molecule has 0 saturated heterocycles. The molecule has 162 valence electrons. The van der Waals surface area contributed by atoms with Gasteiger partial charge in [-0.15, -0.1) is 0 Å². The Labute approximate surface area is 188 Å². The molecular formula is C29H36N2. The van der Waals surface area contributed by atoms with Gasteiger partial charge < -0.3 is 9.80 Å². The number of benzene rings is 3. The Morgan fingerprint density at radius 3 is 1.68 bits per heavy atom. The predicted octanol–water partition coefficient (Wildman–Crippen LogP) is 7.38. The van der Waals surface area contributed by atoms with E-state index in [4.69, 9.17) is 0 Å². The fourth-order valence-corrected chi connectivity index (χ4v) is 5.15. The van der Waals surface area contributed by atoms with E-state index in [0.29, 0.717) is 18.0 Å². The molecule has 0 bridgehead atoms. The molecule has 31 heavy (non-hydrogen) atoms. The van der Waals surface area contributed by atoms with Crippen LogP contribution in [-0.2, 0) is 19.5 Å². The lowest BCUT2D eigenvalue weighted by molar-refractivity contribution is 0.444. The fraction of sp³-hybridized carbons (Fsp3) is 0.379. The van der Waals surface area contributed by atoms with E-state index in [1.54, 1.807) is 0 Å². The van der Waals surface area contributed by atoms with E-state index in [0.717, 1.165) is 19.5 Å². The Balaban J connectivity index is 1.75. The average molecular weight is 413 g/mol. The van der Waals surface area contributed by atoms with Crippen LogP contribution in [0, 0.1) is 5.92 Å². The van der Waals surface area contributed by atoms with Crippen LogP contribution in [0.2, 0.25) is 0 Å². The van der Waals surface area contributed by atoms with Crippen molar-refractivity contribution in [3.05, 3.63) is 95.1 Å². The van der Waals surface area contributed by atoms with Gasteiger partial charge in [0.05, 0.1) is 11.4 Å². The van der Waals surface area contributed by atoms with E-state index in [1.165, 1.54) is 33.6 Å². The van der Waals surface area contributed by atoms with Crippen molar-refractivity contribution in [2.24, 2.45) is 5.92 Å². The number of anilines is 2. The van der Waals surface area contributed by atoms with Crippen LogP contribution in [0.1, 0.15) is 62.8 Å². The molecule has 1 aliphatic heterocycles. The number of hydrogen-bond donors (Lipinski definition) is 0. The van der Waals surface area contributed by atoms with Gasteiger partial charge in [-0.3, -0.25) is 0 Å². The lowest BCUT2D eigenvalue weighted by Crippen LogP contribution is -2.46. The zero-order valence-corrected chi connectivity index (χ0v) is 19.7. The molecule has 2 heteroatoms. The van der Waals surface area contributed by atoms with Crippen molar-refractivity contribution in [1.29, 1.82) is 0 Å². The molecule has 1 aliphatic rings. The molecule has 3 aromatic rings. The van der Waals surface area contributed by atoms with Crippen molar-refractivity contribution in [1.82, 2.24) is 0 Å². The maximum absolute atomic E-state index is 2.63. The smallest absolute Gasteiger partial charge is 0.105 e. The number of para-hydroxylation sites is 2. The molecule has 3 aromatic carbocycles. The van der Waals surface area contributed by atoms with E-state index in [1.807, 2.05) is 0 Å². The lowest BCUT2D eigenvalue weighted by Gasteiger charge is -2.37. The summed E-state index contributed by atoms with van der Waals surface area (Å²) in [7, 11) is 0. The predicted molar refractivity (Wildman–Crippen MR) is 134 cm³/mol. The van der Waals surface area contributed by atoms with Gasteiger partial charge in [0.25, 0.3) is 0 Å². The van der Waals surface area contributed by atoms with Crippen molar-refractivity contribution < 1.29 is 0 Å². The van der Waals surface area contributed by atoms with Gasteiger partial charge in [-0.25, -0.2) is 0 Å². The minimum Gasteiger partial charge on any atom is -0.345 e. The first kappa shape index (κ1) is 21.5. The summed E-state index contributed by atoms with van der Waals surface area (Å²) >= 11 is 0. The van der Waals surface area contributed by atoms with Crippen molar-refractivity contribution >= 4 is 11.4 Å². The van der Waals surface area contributed by atoms with E-state index in [2.05, 4.69) is 117 Å². The van der Waals surface area contributed by atoms with Crippen LogP contribution in [0.25, 0.3) is 0 Å². The maximum Gasteiger partial charge on any atom is 0.105 e. The number of rotatable bonds is 7. The van der Waals surface area contributed by atoms with Gasteiger partial charge >= 0.3 is 0 Å². The quantitative estimate of drug-likeness (QED) is 0.399. The minimum atomic E-state index is 0.336. The van der Waals surface area contributed by atoms with E-state index in [-0.39, 0.29) is 0 Å². The first-order valence-electron chi connectivity index (χ1n) is 11.8. The third kappa shape index (κ3) is 4.21. The molecule has 0 saturated carbocycles. The SMILES string of the molecule is CCc1ccccc1CN1c2ccccc2N(Cc2ccccc2C(C)C)C1C(C)C. The summed E-state index contributed by atoms with van der Waals surface area (Å²) in [5.74, 6) is 1.03. The monoisotopic (exact) mass is 412 g/mol. The van der Waals surface area contributed by atoms with Gasteiger partial charge in [0, 0.05) is 13.1 Å². The Bertz CT molecular complexity index is 1020. The van der Waals surface area contributed by atoms with E-state index < -0.39 is 0 Å². The van der Waals surface area contributed by atoms with Crippen LogP contribution >= 0.6 is 0 Å². The molecule has 0 amide bonds. The van der Waals surface area contributed by atoms with Gasteiger partial charge in [0.2, 0.25) is 0 Å². The van der Waals surface area contributed by atoms with Crippen LogP contribution in [0.4, 0.5) is 11.4 Å². The minimum absolute atomic E-state index is 0.336. The van der Waals surface area contributed by atoms with Crippen molar-refractivity contribution in [2.75, 3.05) is 9.80 Å². The summed E-state index contributed by atoms with van der Waals surface area (Å²) in [6.45, 7) is 13.5. The lowest BCUT2D eigenvalue weighted by atomic mass is 9.96. The number of fused-ring (bicyclic) bond motifs is 1. The second-order valence-corrected chi connectivity index (χ2v) is 9.38. The third-order valence-corrected chi connectivity index (χ3v) is 6.59. The Hall–Kier alpha value is -2.74. The van der Waals surface area contributed by atoms with Gasteiger partial charge in [-0.05, 0) is 52.6 Å². The van der Waals surface area contributed by atoms with Crippen LogP contribution in [0.5, 0.6) is 0 Å². The maximum atomic E-state index is 2.63. The molecule has 1 atom stereocenters.